The third-order valence-corrected chi connectivity index (χ3v) is 4.38. The molecule has 0 atom stereocenters. The molecule has 92 valence electrons. The largest absolute Gasteiger partial charge is 0.464 e. The van der Waals surface area contributed by atoms with Crippen LogP contribution in [0.15, 0.2) is 16.7 Å². The standard InChI is InChI=1S/C12H22O3Si/c1-6-13-12(14-7-2)11-10(8-9-15-11)16(3,4)5/h8-9,12H,6-7H2,1-5H3. The maximum Gasteiger partial charge on any atom is 0.217 e. The summed E-state index contributed by atoms with van der Waals surface area (Å²) in [5, 5.41) is 1.28. The molecular weight excluding hydrogens is 220 g/mol. The summed E-state index contributed by atoms with van der Waals surface area (Å²) in [7, 11) is -1.40. The second kappa shape index (κ2) is 5.66. The van der Waals surface area contributed by atoms with Gasteiger partial charge in [-0.3, -0.25) is 0 Å². The van der Waals surface area contributed by atoms with Crippen LogP contribution >= 0.6 is 0 Å². The van der Waals surface area contributed by atoms with Crippen LogP contribution in [0, 0.1) is 0 Å². The van der Waals surface area contributed by atoms with E-state index in [-0.39, 0.29) is 6.29 Å². The van der Waals surface area contributed by atoms with Crippen LogP contribution in [0.25, 0.3) is 0 Å². The second-order valence-electron chi connectivity index (χ2n) is 4.69. The number of furan rings is 1. The monoisotopic (exact) mass is 242 g/mol. The lowest BCUT2D eigenvalue weighted by molar-refractivity contribution is -0.150. The third kappa shape index (κ3) is 3.20. The zero-order valence-electron chi connectivity index (χ0n) is 10.9. The Bertz CT molecular complexity index is 308. The van der Waals surface area contributed by atoms with E-state index in [0.717, 1.165) is 5.76 Å². The second-order valence-corrected chi connectivity index (χ2v) is 9.73. The van der Waals surface area contributed by atoms with Gasteiger partial charge in [-0.1, -0.05) is 19.6 Å². The molecule has 0 aliphatic heterocycles. The van der Waals surface area contributed by atoms with E-state index < -0.39 is 8.07 Å². The fourth-order valence-electron chi connectivity index (χ4n) is 1.63. The van der Waals surface area contributed by atoms with Gasteiger partial charge in [0.2, 0.25) is 6.29 Å². The Kier molecular flexibility index (Phi) is 4.77. The Morgan fingerprint density at radius 1 is 1.19 bits per heavy atom. The van der Waals surface area contributed by atoms with Crippen molar-refractivity contribution in [1.29, 1.82) is 0 Å². The molecule has 1 rings (SSSR count). The van der Waals surface area contributed by atoms with E-state index in [2.05, 4.69) is 19.6 Å². The number of hydrogen-bond acceptors (Lipinski definition) is 3. The van der Waals surface area contributed by atoms with Crippen LogP contribution in [0.1, 0.15) is 25.9 Å². The van der Waals surface area contributed by atoms with Crippen molar-refractivity contribution in [3.8, 4) is 0 Å². The summed E-state index contributed by atoms with van der Waals surface area (Å²) in [4.78, 5) is 0. The molecule has 0 radical (unpaired) electrons. The van der Waals surface area contributed by atoms with Crippen LogP contribution in [0.2, 0.25) is 19.6 Å². The van der Waals surface area contributed by atoms with Gasteiger partial charge in [-0.05, 0) is 25.1 Å². The SMILES string of the molecule is CCOC(OCC)c1occc1[Si](C)(C)C. The Morgan fingerprint density at radius 3 is 2.19 bits per heavy atom. The van der Waals surface area contributed by atoms with Gasteiger partial charge in [0.25, 0.3) is 0 Å². The van der Waals surface area contributed by atoms with Crippen LogP contribution in [-0.4, -0.2) is 21.3 Å². The average Bonchev–Trinajstić information content (AvgIpc) is 2.65. The van der Waals surface area contributed by atoms with E-state index in [1.807, 2.05) is 19.9 Å². The van der Waals surface area contributed by atoms with Gasteiger partial charge in [-0.15, -0.1) is 0 Å². The highest BCUT2D eigenvalue weighted by atomic mass is 28.3. The number of ether oxygens (including phenoxy) is 2. The first-order valence-electron chi connectivity index (χ1n) is 5.81. The molecule has 1 heterocycles. The molecule has 4 heteroatoms. The zero-order chi connectivity index (χ0) is 12.2. The van der Waals surface area contributed by atoms with Crippen LogP contribution < -0.4 is 5.19 Å². The molecule has 0 aliphatic rings. The first-order chi connectivity index (χ1) is 7.50. The average molecular weight is 242 g/mol. The molecular formula is C12H22O3Si. The minimum Gasteiger partial charge on any atom is -0.464 e. The van der Waals surface area contributed by atoms with Gasteiger partial charge < -0.3 is 13.9 Å². The van der Waals surface area contributed by atoms with Gasteiger partial charge in [0, 0.05) is 13.2 Å². The summed E-state index contributed by atoms with van der Waals surface area (Å²) in [5.41, 5.74) is 0. The highest BCUT2D eigenvalue weighted by Crippen LogP contribution is 2.20. The van der Waals surface area contributed by atoms with Gasteiger partial charge >= 0.3 is 0 Å². The molecule has 1 aromatic heterocycles. The molecule has 0 bridgehead atoms. The fraction of sp³-hybridized carbons (Fsp3) is 0.667. The smallest absolute Gasteiger partial charge is 0.217 e. The first-order valence-corrected chi connectivity index (χ1v) is 9.31. The molecule has 0 N–H and O–H groups in total. The van der Waals surface area contributed by atoms with Crippen molar-refractivity contribution in [3.05, 3.63) is 18.1 Å². The number of rotatable bonds is 6. The summed E-state index contributed by atoms with van der Waals surface area (Å²) < 4.78 is 16.7. The Morgan fingerprint density at radius 2 is 1.75 bits per heavy atom. The lowest BCUT2D eigenvalue weighted by Gasteiger charge is -2.21. The van der Waals surface area contributed by atoms with Crippen LogP contribution in [0.5, 0.6) is 0 Å². The van der Waals surface area contributed by atoms with Crippen molar-refractivity contribution >= 4 is 13.3 Å². The third-order valence-electron chi connectivity index (χ3n) is 2.35. The summed E-state index contributed by atoms with van der Waals surface area (Å²) in [5.74, 6) is 0.850. The quantitative estimate of drug-likeness (QED) is 0.568. The van der Waals surface area contributed by atoms with Crippen molar-refractivity contribution in [2.75, 3.05) is 13.2 Å². The molecule has 0 aliphatic carbocycles. The Balaban J connectivity index is 2.95. The zero-order valence-corrected chi connectivity index (χ0v) is 11.9. The van der Waals surface area contributed by atoms with Crippen molar-refractivity contribution in [2.24, 2.45) is 0 Å². The van der Waals surface area contributed by atoms with E-state index in [4.69, 9.17) is 13.9 Å². The van der Waals surface area contributed by atoms with E-state index in [9.17, 15) is 0 Å². The van der Waals surface area contributed by atoms with Gasteiger partial charge in [-0.2, -0.15) is 0 Å². The molecule has 0 saturated heterocycles. The fourth-order valence-corrected chi connectivity index (χ4v) is 3.11. The Hall–Kier alpha value is -0.583. The summed E-state index contributed by atoms with van der Waals surface area (Å²) >= 11 is 0. The number of hydrogen-bond donors (Lipinski definition) is 0. The van der Waals surface area contributed by atoms with Crippen molar-refractivity contribution < 1.29 is 13.9 Å². The van der Waals surface area contributed by atoms with Gasteiger partial charge in [0.1, 0.15) is 0 Å². The summed E-state index contributed by atoms with van der Waals surface area (Å²) in [6.45, 7) is 12.0. The highest BCUT2D eigenvalue weighted by molar-refractivity contribution is 6.89. The van der Waals surface area contributed by atoms with E-state index in [1.165, 1.54) is 5.19 Å². The van der Waals surface area contributed by atoms with Crippen molar-refractivity contribution in [2.45, 2.75) is 39.8 Å². The van der Waals surface area contributed by atoms with Gasteiger partial charge in [0.05, 0.1) is 14.3 Å². The summed E-state index contributed by atoms with van der Waals surface area (Å²) in [6.07, 6.45) is 1.38. The van der Waals surface area contributed by atoms with Crippen LogP contribution in [0.4, 0.5) is 0 Å². The lowest BCUT2D eigenvalue weighted by Crippen LogP contribution is -2.40. The summed E-state index contributed by atoms with van der Waals surface area (Å²) in [6, 6.07) is 2.05. The molecule has 16 heavy (non-hydrogen) atoms. The molecule has 0 fully saturated rings. The molecule has 0 aromatic carbocycles. The predicted molar refractivity (Wildman–Crippen MR) is 67.7 cm³/mol. The molecule has 1 aromatic rings. The van der Waals surface area contributed by atoms with E-state index >= 15 is 0 Å². The minimum atomic E-state index is -1.40. The van der Waals surface area contributed by atoms with Gasteiger partial charge in [0.15, 0.2) is 5.76 Å². The van der Waals surface area contributed by atoms with Gasteiger partial charge in [-0.25, -0.2) is 0 Å². The lowest BCUT2D eigenvalue weighted by atomic mass is 10.4. The normalized spacial score (nSPS) is 12.4. The van der Waals surface area contributed by atoms with Crippen LogP contribution in [0.3, 0.4) is 0 Å². The maximum absolute atomic E-state index is 5.57. The molecule has 0 unspecified atom stereocenters. The molecule has 0 amide bonds. The highest BCUT2D eigenvalue weighted by Gasteiger charge is 2.27. The topological polar surface area (TPSA) is 31.6 Å². The molecule has 0 spiro atoms. The van der Waals surface area contributed by atoms with E-state index in [0.29, 0.717) is 13.2 Å². The molecule has 0 saturated carbocycles. The Labute approximate surface area is 98.8 Å². The predicted octanol–water partition coefficient (Wildman–Crippen LogP) is 2.90. The van der Waals surface area contributed by atoms with Crippen molar-refractivity contribution in [3.63, 3.8) is 0 Å². The van der Waals surface area contributed by atoms with Crippen molar-refractivity contribution in [1.82, 2.24) is 0 Å². The minimum absolute atomic E-state index is 0.355. The molecule has 3 nitrogen and oxygen atoms in total. The first kappa shape index (κ1) is 13.5. The maximum atomic E-state index is 5.57. The van der Waals surface area contributed by atoms with E-state index in [1.54, 1.807) is 6.26 Å². The van der Waals surface area contributed by atoms with Crippen LogP contribution in [-0.2, 0) is 9.47 Å².